The van der Waals surface area contributed by atoms with E-state index < -0.39 is 42.1 Å². The van der Waals surface area contributed by atoms with Crippen LogP contribution in [0.15, 0.2) is 36.5 Å². The first kappa shape index (κ1) is 25.6. The molecule has 0 fully saturated rings. The van der Waals surface area contributed by atoms with Crippen LogP contribution in [0.25, 0.3) is 0 Å². The maximum atomic E-state index is 11.3. The molecular formula is C20H30N4O7Si. The minimum atomic E-state index is -2.33. The number of hydrogen-bond donors (Lipinski definition) is 1. The third-order valence-electron chi connectivity index (χ3n) is 5.55. The number of hydrogen-bond acceptors (Lipinski definition) is 8. The normalized spacial score (nSPS) is 14.2. The van der Waals surface area contributed by atoms with Gasteiger partial charge in [0, 0.05) is 0 Å². The molecule has 32 heavy (non-hydrogen) atoms. The van der Waals surface area contributed by atoms with Gasteiger partial charge >= 0.3 is 11.8 Å². The van der Waals surface area contributed by atoms with E-state index in [1.54, 1.807) is 0 Å². The molecule has 0 aliphatic heterocycles. The summed E-state index contributed by atoms with van der Waals surface area (Å²) >= 11 is 0. The first-order valence-corrected chi connectivity index (χ1v) is 13.1. The molecule has 2 atom stereocenters. The zero-order chi connectivity index (χ0) is 24.1. The number of imidazole rings is 1. The Morgan fingerprint density at radius 1 is 1.16 bits per heavy atom. The lowest BCUT2D eigenvalue weighted by atomic mass is 10.2. The third kappa shape index (κ3) is 6.66. The highest BCUT2D eigenvalue weighted by Crippen LogP contribution is 2.38. The predicted octanol–water partition coefficient (Wildman–Crippen LogP) is 3.67. The van der Waals surface area contributed by atoms with Gasteiger partial charge in [0.2, 0.25) is 0 Å². The number of benzene rings is 1. The average molecular weight is 467 g/mol. The number of aliphatic hydroxyl groups is 1. The number of rotatable bonds is 11. The molecule has 2 aromatic rings. The Bertz CT molecular complexity index is 928. The van der Waals surface area contributed by atoms with Crippen molar-refractivity contribution in [2.24, 2.45) is 0 Å². The third-order valence-corrected chi connectivity index (χ3v) is 10.1. The van der Waals surface area contributed by atoms with Gasteiger partial charge in [-0.25, -0.2) is 4.57 Å². The van der Waals surface area contributed by atoms with E-state index >= 15 is 0 Å². The SMILES string of the molecule is CC(C)(C)[Si](C)(C)O[C@@H](COCc1ccccc1)[C@@H](O)Cn1cc([N+](=O)[O-])nc1[N+](=O)[O-]. The van der Waals surface area contributed by atoms with E-state index in [4.69, 9.17) is 9.16 Å². The maximum Gasteiger partial charge on any atom is 0.439 e. The van der Waals surface area contributed by atoms with Crippen molar-refractivity contribution in [1.82, 2.24) is 9.55 Å². The lowest BCUT2D eigenvalue weighted by Crippen LogP contribution is -2.49. The van der Waals surface area contributed by atoms with Crippen LogP contribution in [0.4, 0.5) is 11.8 Å². The summed E-state index contributed by atoms with van der Waals surface area (Å²) < 4.78 is 13.1. The quantitative estimate of drug-likeness (QED) is 0.300. The van der Waals surface area contributed by atoms with Crippen molar-refractivity contribution in [2.75, 3.05) is 6.61 Å². The molecule has 0 bridgehead atoms. The molecule has 0 unspecified atom stereocenters. The van der Waals surface area contributed by atoms with Gasteiger partial charge in [0.15, 0.2) is 14.5 Å². The van der Waals surface area contributed by atoms with E-state index in [0.717, 1.165) is 16.3 Å². The first-order valence-electron chi connectivity index (χ1n) is 10.2. The lowest BCUT2D eigenvalue weighted by molar-refractivity contribution is -0.403. The van der Waals surface area contributed by atoms with Crippen LogP contribution in [0.2, 0.25) is 18.1 Å². The Balaban J connectivity index is 2.21. The van der Waals surface area contributed by atoms with Crippen LogP contribution in [0.5, 0.6) is 0 Å². The summed E-state index contributed by atoms with van der Waals surface area (Å²) in [6.45, 7) is 10.3. The molecule has 0 aliphatic carbocycles. The monoisotopic (exact) mass is 466 g/mol. The Morgan fingerprint density at radius 3 is 2.31 bits per heavy atom. The van der Waals surface area contributed by atoms with Crippen LogP contribution in [0.1, 0.15) is 26.3 Å². The van der Waals surface area contributed by atoms with Gasteiger partial charge in [-0.1, -0.05) is 51.1 Å². The topological polar surface area (TPSA) is 143 Å². The molecule has 0 amide bonds. The van der Waals surface area contributed by atoms with Gasteiger partial charge < -0.3 is 34.5 Å². The summed E-state index contributed by atoms with van der Waals surface area (Å²) in [6, 6.07) is 9.50. The van der Waals surface area contributed by atoms with Crippen molar-refractivity contribution in [3.63, 3.8) is 0 Å². The van der Waals surface area contributed by atoms with Crippen LogP contribution in [0.3, 0.4) is 0 Å². The van der Waals surface area contributed by atoms with Crippen molar-refractivity contribution in [3.8, 4) is 0 Å². The molecule has 0 saturated heterocycles. The Morgan fingerprint density at radius 2 is 1.78 bits per heavy atom. The molecule has 11 nitrogen and oxygen atoms in total. The van der Waals surface area contributed by atoms with Gasteiger partial charge in [-0.15, -0.1) is 0 Å². The molecule has 12 heteroatoms. The van der Waals surface area contributed by atoms with E-state index in [-0.39, 0.29) is 18.2 Å². The number of ether oxygens (including phenoxy) is 1. The number of nitrogens with zero attached hydrogens (tertiary/aromatic N) is 4. The zero-order valence-electron chi connectivity index (χ0n) is 18.9. The van der Waals surface area contributed by atoms with Crippen LogP contribution < -0.4 is 0 Å². The van der Waals surface area contributed by atoms with Crippen molar-refractivity contribution in [3.05, 3.63) is 62.3 Å². The minimum absolute atomic E-state index is 0.0488. The largest absolute Gasteiger partial charge is 0.439 e. The molecule has 0 aliphatic rings. The van der Waals surface area contributed by atoms with E-state index in [0.29, 0.717) is 6.61 Å². The maximum absolute atomic E-state index is 11.3. The fourth-order valence-electron chi connectivity index (χ4n) is 2.73. The van der Waals surface area contributed by atoms with Crippen molar-refractivity contribution < 1.29 is 24.1 Å². The molecule has 1 aromatic heterocycles. The van der Waals surface area contributed by atoms with E-state index in [1.165, 1.54) is 0 Å². The van der Waals surface area contributed by atoms with Crippen molar-refractivity contribution in [1.29, 1.82) is 0 Å². The molecule has 1 N–H and O–H groups in total. The minimum Gasteiger partial charge on any atom is -0.409 e. The highest BCUT2D eigenvalue weighted by Gasteiger charge is 2.41. The number of nitro groups is 2. The molecule has 0 saturated carbocycles. The lowest BCUT2D eigenvalue weighted by Gasteiger charge is -2.40. The molecule has 0 spiro atoms. The molecule has 2 rings (SSSR count). The molecule has 0 radical (unpaired) electrons. The van der Waals surface area contributed by atoms with Crippen molar-refractivity contribution >= 4 is 20.1 Å². The van der Waals surface area contributed by atoms with Gasteiger partial charge in [0.1, 0.15) is 12.6 Å². The number of aliphatic hydroxyl groups excluding tert-OH is 1. The standard InChI is InChI=1S/C20H30N4O7Si/c1-20(2,3)32(4,5)31-17(14-30-13-15-9-7-6-8-10-15)16(25)11-22-12-18(23(26)27)21-19(22)24(28)29/h6-10,12,16-17,25H,11,13-14H2,1-5H3/t16-,17-/m0/s1. The molecular weight excluding hydrogens is 436 g/mol. The second-order valence-electron chi connectivity index (χ2n) is 9.05. The van der Waals surface area contributed by atoms with Gasteiger partial charge in [0.05, 0.1) is 19.3 Å². The van der Waals surface area contributed by atoms with Gasteiger partial charge in [0.25, 0.3) is 0 Å². The second-order valence-corrected chi connectivity index (χ2v) is 13.8. The van der Waals surface area contributed by atoms with Crippen LogP contribution >= 0.6 is 0 Å². The van der Waals surface area contributed by atoms with Gasteiger partial charge in [-0.05, 0) is 38.5 Å². The zero-order valence-corrected chi connectivity index (χ0v) is 19.9. The fraction of sp³-hybridized carbons (Fsp3) is 0.550. The Hall–Kier alpha value is -2.67. The van der Waals surface area contributed by atoms with Crippen LogP contribution in [-0.2, 0) is 22.3 Å². The van der Waals surface area contributed by atoms with E-state index in [9.17, 15) is 25.3 Å². The highest BCUT2D eigenvalue weighted by atomic mass is 28.4. The second kappa shape index (κ2) is 10.3. The summed E-state index contributed by atoms with van der Waals surface area (Å²) in [5.41, 5.74) is 0.953. The van der Waals surface area contributed by atoms with Gasteiger partial charge in [-0.2, -0.15) is 0 Å². The summed E-state index contributed by atoms with van der Waals surface area (Å²) in [5, 5.41) is 33.0. The van der Waals surface area contributed by atoms with Crippen LogP contribution in [-0.4, -0.2) is 51.6 Å². The molecule has 176 valence electrons. The Kier molecular flexibility index (Phi) is 8.23. The predicted molar refractivity (Wildman–Crippen MR) is 120 cm³/mol. The molecule has 1 aromatic carbocycles. The average Bonchev–Trinajstić information content (AvgIpc) is 3.11. The highest BCUT2D eigenvalue weighted by molar-refractivity contribution is 6.74. The summed E-state index contributed by atoms with van der Waals surface area (Å²) in [6.07, 6.45) is -1.07. The summed E-state index contributed by atoms with van der Waals surface area (Å²) in [4.78, 5) is 24.0. The van der Waals surface area contributed by atoms with Crippen molar-refractivity contribution in [2.45, 2.75) is 64.3 Å². The van der Waals surface area contributed by atoms with Crippen LogP contribution in [0, 0.1) is 20.2 Å². The smallest absolute Gasteiger partial charge is 0.409 e. The summed E-state index contributed by atoms with van der Waals surface area (Å²) in [5.74, 6) is -1.38. The summed E-state index contributed by atoms with van der Waals surface area (Å²) in [7, 11) is -2.33. The van der Waals surface area contributed by atoms with E-state index in [1.807, 2.05) is 43.4 Å². The van der Waals surface area contributed by atoms with E-state index in [2.05, 4.69) is 25.8 Å². The number of aromatic nitrogens is 2. The fourth-order valence-corrected chi connectivity index (χ4v) is 4.06. The Labute approximate surface area is 187 Å². The first-order chi connectivity index (χ1) is 14.8. The van der Waals surface area contributed by atoms with Gasteiger partial charge in [-0.3, -0.25) is 0 Å². The molecule has 1 heterocycles.